The molecular formula is C14H18INO4. The van der Waals surface area contributed by atoms with Gasteiger partial charge in [0.05, 0.1) is 0 Å². The third-order valence-electron chi connectivity index (χ3n) is 2.34. The number of ether oxygens (including phenoxy) is 1. The molecule has 110 valence electrons. The summed E-state index contributed by atoms with van der Waals surface area (Å²) in [6, 6.07) is 6.46. The molecule has 6 heteroatoms. The Morgan fingerprint density at radius 2 is 1.85 bits per heavy atom. The zero-order valence-corrected chi connectivity index (χ0v) is 13.8. The van der Waals surface area contributed by atoms with E-state index in [2.05, 4.69) is 27.9 Å². The normalized spacial score (nSPS) is 12.6. The molecule has 1 aromatic rings. The van der Waals surface area contributed by atoms with Gasteiger partial charge >= 0.3 is 12.1 Å². The second-order valence-corrected chi connectivity index (χ2v) is 6.61. The fraction of sp³-hybridized carbons (Fsp3) is 0.429. The molecular weight excluding hydrogens is 374 g/mol. The maximum absolute atomic E-state index is 11.6. The number of rotatable bonds is 4. The number of alkyl carbamates (subject to hydrolysis) is 1. The minimum Gasteiger partial charge on any atom is -0.480 e. The number of hydrogen-bond acceptors (Lipinski definition) is 3. The van der Waals surface area contributed by atoms with Crippen molar-refractivity contribution in [2.75, 3.05) is 0 Å². The first-order valence-corrected chi connectivity index (χ1v) is 7.22. The van der Waals surface area contributed by atoms with Crippen LogP contribution in [0.5, 0.6) is 0 Å². The highest BCUT2D eigenvalue weighted by Gasteiger charge is 2.24. The molecule has 0 spiro atoms. The highest BCUT2D eigenvalue weighted by molar-refractivity contribution is 14.1. The van der Waals surface area contributed by atoms with Crippen molar-refractivity contribution in [3.05, 3.63) is 33.4 Å². The molecule has 0 saturated carbocycles. The molecule has 1 rings (SSSR count). The lowest BCUT2D eigenvalue weighted by molar-refractivity contribution is -0.139. The lowest BCUT2D eigenvalue weighted by atomic mass is 10.1. The predicted octanol–water partition coefficient (Wildman–Crippen LogP) is 2.81. The molecule has 0 fully saturated rings. The highest BCUT2D eigenvalue weighted by Crippen LogP contribution is 2.10. The number of carbonyl (C=O) groups excluding carboxylic acids is 1. The summed E-state index contributed by atoms with van der Waals surface area (Å²) in [6.45, 7) is 5.17. The summed E-state index contributed by atoms with van der Waals surface area (Å²) in [5.74, 6) is -1.09. The molecule has 20 heavy (non-hydrogen) atoms. The maximum atomic E-state index is 11.6. The van der Waals surface area contributed by atoms with Gasteiger partial charge in [-0.25, -0.2) is 9.59 Å². The number of amides is 1. The number of carboxylic acids is 1. The zero-order chi connectivity index (χ0) is 15.3. The average molecular weight is 392 g/mol. The van der Waals surface area contributed by atoms with Crippen LogP contribution >= 0.6 is 22.6 Å². The van der Waals surface area contributed by atoms with Gasteiger partial charge in [0.2, 0.25) is 0 Å². The van der Waals surface area contributed by atoms with E-state index in [9.17, 15) is 9.59 Å². The van der Waals surface area contributed by atoms with Crippen molar-refractivity contribution in [1.29, 1.82) is 0 Å². The van der Waals surface area contributed by atoms with Crippen molar-refractivity contribution in [3.8, 4) is 0 Å². The van der Waals surface area contributed by atoms with E-state index in [0.717, 1.165) is 9.13 Å². The van der Waals surface area contributed by atoms with Gasteiger partial charge in [-0.2, -0.15) is 0 Å². The van der Waals surface area contributed by atoms with Crippen molar-refractivity contribution in [2.24, 2.45) is 0 Å². The summed E-state index contributed by atoms with van der Waals surface area (Å²) in [5.41, 5.74) is 0.185. The van der Waals surface area contributed by atoms with E-state index in [4.69, 9.17) is 9.84 Å². The average Bonchev–Trinajstić information content (AvgIpc) is 2.28. The Kier molecular flexibility index (Phi) is 5.79. The van der Waals surface area contributed by atoms with E-state index in [1.54, 1.807) is 20.8 Å². The molecule has 1 amide bonds. The Bertz CT molecular complexity index is 479. The summed E-state index contributed by atoms with van der Waals surface area (Å²) < 4.78 is 6.13. The molecule has 0 aliphatic heterocycles. The maximum Gasteiger partial charge on any atom is 0.408 e. The molecule has 0 bridgehead atoms. The van der Waals surface area contributed by atoms with Crippen LogP contribution in [-0.4, -0.2) is 28.8 Å². The van der Waals surface area contributed by atoms with Crippen LogP contribution in [0.1, 0.15) is 26.3 Å². The van der Waals surface area contributed by atoms with Crippen molar-refractivity contribution >= 4 is 34.7 Å². The fourth-order valence-corrected chi connectivity index (χ4v) is 1.87. The van der Waals surface area contributed by atoms with Gasteiger partial charge in [-0.3, -0.25) is 0 Å². The van der Waals surface area contributed by atoms with Crippen LogP contribution in [-0.2, 0) is 16.0 Å². The monoisotopic (exact) mass is 392 g/mol. The van der Waals surface area contributed by atoms with Crippen molar-refractivity contribution in [2.45, 2.75) is 38.8 Å². The second kappa shape index (κ2) is 6.92. The molecule has 0 saturated heterocycles. The summed E-state index contributed by atoms with van der Waals surface area (Å²) in [7, 11) is 0. The summed E-state index contributed by atoms with van der Waals surface area (Å²) in [6.07, 6.45) is -0.513. The minimum absolute atomic E-state index is 0.214. The Labute approximate surface area is 131 Å². The third-order valence-corrected chi connectivity index (χ3v) is 3.06. The van der Waals surface area contributed by atoms with Crippen LogP contribution in [0.15, 0.2) is 24.3 Å². The van der Waals surface area contributed by atoms with Crippen LogP contribution in [0.4, 0.5) is 4.79 Å². The van der Waals surface area contributed by atoms with Gasteiger partial charge in [0.15, 0.2) is 0 Å². The van der Waals surface area contributed by atoms with Crippen LogP contribution < -0.4 is 5.32 Å². The van der Waals surface area contributed by atoms with Crippen LogP contribution in [0.25, 0.3) is 0 Å². The molecule has 0 radical (unpaired) electrons. The molecule has 1 atom stereocenters. The van der Waals surface area contributed by atoms with Crippen LogP contribution in [0.2, 0.25) is 0 Å². The predicted molar refractivity (Wildman–Crippen MR) is 83.7 cm³/mol. The molecule has 0 heterocycles. The summed E-state index contributed by atoms with van der Waals surface area (Å²) in [4.78, 5) is 22.8. The largest absolute Gasteiger partial charge is 0.480 e. The van der Waals surface area contributed by atoms with Crippen molar-refractivity contribution in [3.63, 3.8) is 0 Å². The minimum atomic E-state index is -1.09. The summed E-state index contributed by atoms with van der Waals surface area (Å²) in [5, 5.41) is 11.5. The lowest BCUT2D eigenvalue weighted by Gasteiger charge is -2.22. The Morgan fingerprint density at radius 3 is 2.30 bits per heavy atom. The smallest absolute Gasteiger partial charge is 0.408 e. The van der Waals surface area contributed by atoms with Gasteiger partial charge in [0, 0.05) is 9.99 Å². The van der Waals surface area contributed by atoms with Crippen LogP contribution in [0.3, 0.4) is 0 Å². The highest BCUT2D eigenvalue weighted by atomic mass is 127. The number of aliphatic carboxylic acids is 1. The SMILES string of the molecule is CC(C)(C)OC(=O)NC(Cc1ccc(I)cc1)[13C](=O)O. The number of carbonyl (C=O) groups is 2. The Hall–Kier alpha value is -1.31. The molecule has 5 nitrogen and oxygen atoms in total. The van der Waals surface area contributed by atoms with Gasteiger partial charge in [-0.05, 0) is 61.1 Å². The standard InChI is InChI=1S/C14H18INO4/c1-14(2,3)20-13(19)16-11(12(17)18)8-9-4-6-10(15)7-5-9/h4-7,11H,8H2,1-3H3,(H,16,19)(H,17,18)/i12+1. The van der Waals surface area contributed by atoms with Gasteiger partial charge in [0.25, 0.3) is 0 Å². The van der Waals surface area contributed by atoms with Gasteiger partial charge in [0.1, 0.15) is 11.6 Å². The van der Waals surface area contributed by atoms with Crippen molar-refractivity contribution < 1.29 is 19.4 Å². The number of carboxylic acid groups (broad SMARTS) is 1. The molecule has 1 aromatic carbocycles. The quantitative estimate of drug-likeness (QED) is 0.611. The molecule has 0 aromatic heterocycles. The number of halogens is 1. The van der Waals surface area contributed by atoms with Gasteiger partial charge in [-0.1, -0.05) is 12.1 Å². The van der Waals surface area contributed by atoms with E-state index >= 15 is 0 Å². The van der Waals surface area contributed by atoms with E-state index in [-0.39, 0.29) is 6.42 Å². The molecule has 2 N–H and O–H groups in total. The molecule has 0 aliphatic carbocycles. The van der Waals surface area contributed by atoms with E-state index in [1.807, 2.05) is 24.3 Å². The van der Waals surface area contributed by atoms with Gasteiger partial charge in [-0.15, -0.1) is 0 Å². The summed E-state index contributed by atoms with van der Waals surface area (Å²) >= 11 is 2.17. The first kappa shape index (κ1) is 16.7. The number of benzene rings is 1. The van der Waals surface area contributed by atoms with Crippen LogP contribution in [0, 0.1) is 3.57 Å². The first-order valence-electron chi connectivity index (χ1n) is 6.14. The van der Waals surface area contributed by atoms with Gasteiger partial charge < -0.3 is 15.2 Å². The van der Waals surface area contributed by atoms with Crippen molar-refractivity contribution in [1.82, 2.24) is 5.32 Å². The van der Waals surface area contributed by atoms with E-state index in [0.29, 0.717) is 0 Å². The van der Waals surface area contributed by atoms with E-state index in [1.165, 1.54) is 0 Å². The number of nitrogens with one attached hydrogen (secondary N) is 1. The number of hydrogen-bond donors (Lipinski definition) is 2. The Morgan fingerprint density at radius 1 is 1.30 bits per heavy atom. The lowest BCUT2D eigenvalue weighted by Crippen LogP contribution is -2.44. The topological polar surface area (TPSA) is 75.6 Å². The molecule has 0 aliphatic rings. The Balaban J connectivity index is 2.68. The first-order chi connectivity index (χ1) is 9.17. The third kappa shape index (κ3) is 6.23. The zero-order valence-electron chi connectivity index (χ0n) is 11.6. The second-order valence-electron chi connectivity index (χ2n) is 5.37. The van der Waals surface area contributed by atoms with E-state index < -0.39 is 23.7 Å². The molecule has 1 unspecified atom stereocenters. The fourth-order valence-electron chi connectivity index (χ4n) is 1.51.